The lowest BCUT2D eigenvalue weighted by Crippen LogP contribution is -2.63. The average molecular weight is 317 g/mol. The molecule has 0 unspecified atom stereocenters. The summed E-state index contributed by atoms with van der Waals surface area (Å²) in [7, 11) is -2.57. The highest BCUT2D eigenvalue weighted by molar-refractivity contribution is 7.87. The number of likely N-dealkylation sites (tertiary alicyclic amines) is 1. The number of hydrogen-bond donors (Lipinski definition) is 4. The van der Waals surface area contributed by atoms with E-state index in [0.717, 1.165) is 0 Å². The van der Waals surface area contributed by atoms with Crippen LogP contribution in [-0.2, 0) is 10.2 Å². The molecule has 0 aromatic rings. The van der Waals surface area contributed by atoms with Crippen LogP contribution < -0.4 is 15.2 Å². The standard InChI is InChI=1S/C9H18F3N5O2S/c1-17-4-2-8(3-5-17,7(13)14)16-20(18,19)15-6-9(10,11)12/h15-16H,2-6H2,1H3,(H3,13,14). The quantitative estimate of drug-likeness (QED) is 0.400. The van der Waals surface area contributed by atoms with Gasteiger partial charge in [-0.05, 0) is 19.9 Å². The van der Waals surface area contributed by atoms with E-state index in [-0.39, 0.29) is 12.8 Å². The Hall–Kier alpha value is -0.910. The molecule has 20 heavy (non-hydrogen) atoms. The Balaban J connectivity index is 2.78. The van der Waals surface area contributed by atoms with Gasteiger partial charge in [0.15, 0.2) is 0 Å². The molecule has 0 bridgehead atoms. The first kappa shape index (κ1) is 17.1. The molecule has 11 heteroatoms. The van der Waals surface area contributed by atoms with Gasteiger partial charge in [-0.2, -0.15) is 31.0 Å². The summed E-state index contributed by atoms with van der Waals surface area (Å²) in [6.07, 6.45) is -4.19. The van der Waals surface area contributed by atoms with E-state index in [4.69, 9.17) is 11.1 Å². The smallest absolute Gasteiger partial charge is 0.386 e. The minimum Gasteiger partial charge on any atom is -0.386 e. The van der Waals surface area contributed by atoms with Crippen LogP contribution in [0.5, 0.6) is 0 Å². The lowest BCUT2D eigenvalue weighted by molar-refractivity contribution is -0.121. The van der Waals surface area contributed by atoms with Gasteiger partial charge in [0.25, 0.3) is 10.2 Å². The average Bonchev–Trinajstić information content (AvgIpc) is 2.29. The van der Waals surface area contributed by atoms with Crippen molar-refractivity contribution in [3.63, 3.8) is 0 Å². The fraction of sp³-hybridized carbons (Fsp3) is 0.889. The van der Waals surface area contributed by atoms with Crippen LogP contribution in [0.2, 0.25) is 0 Å². The maximum Gasteiger partial charge on any atom is 0.402 e. The second kappa shape index (κ2) is 5.84. The Bertz CT molecular complexity index is 457. The van der Waals surface area contributed by atoms with Crippen molar-refractivity contribution in [2.24, 2.45) is 5.73 Å². The van der Waals surface area contributed by atoms with E-state index in [1.807, 2.05) is 11.9 Å². The zero-order valence-corrected chi connectivity index (χ0v) is 11.7. The number of amidine groups is 1. The van der Waals surface area contributed by atoms with Crippen LogP contribution in [0, 0.1) is 5.41 Å². The van der Waals surface area contributed by atoms with Crippen molar-refractivity contribution in [1.82, 2.24) is 14.3 Å². The lowest BCUT2D eigenvalue weighted by atomic mass is 9.88. The second-order valence-electron chi connectivity index (χ2n) is 4.84. The summed E-state index contributed by atoms with van der Waals surface area (Å²) in [4.78, 5) is 1.92. The number of nitrogens with two attached hydrogens (primary N) is 1. The SMILES string of the molecule is CN1CCC(NS(=O)(=O)NCC(F)(F)F)(C(=N)N)CC1. The predicted molar refractivity (Wildman–Crippen MR) is 67.5 cm³/mol. The fourth-order valence-corrected chi connectivity index (χ4v) is 3.15. The first-order chi connectivity index (χ1) is 8.96. The van der Waals surface area contributed by atoms with Crippen molar-refractivity contribution in [2.75, 3.05) is 26.7 Å². The third-order valence-electron chi connectivity index (χ3n) is 3.15. The molecule has 5 N–H and O–H groups in total. The predicted octanol–water partition coefficient (Wildman–Crippen LogP) is -0.627. The molecule has 7 nitrogen and oxygen atoms in total. The molecule has 0 radical (unpaired) electrons. The van der Waals surface area contributed by atoms with Crippen LogP contribution in [0.15, 0.2) is 0 Å². The van der Waals surface area contributed by atoms with Gasteiger partial charge in [0.2, 0.25) is 0 Å². The second-order valence-corrected chi connectivity index (χ2v) is 6.34. The summed E-state index contributed by atoms with van der Waals surface area (Å²) < 4.78 is 62.9. The first-order valence-corrected chi connectivity index (χ1v) is 7.32. The molecular weight excluding hydrogens is 299 g/mol. The Morgan fingerprint density at radius 2 is 1.90 bits per heavy atom. The fourth-order valence-electron chi connectivity index (χ4n) is 1.90. The Kier molecular flexibility index (Phi) is 5.00. The summed E-state index contributed by atoms with van der Waals surface area (Å²) in [5.74, 6) is -0.400. The van der Waals surface area contributed by atoms with Gasteiger partial charge in [-0.15, -0.1) is 0 Å². The molecule has 118 valence electrons. The summed E-state index contributed by atoms with van der Waals surface area (Å²) in [5, 5.41) is 7.52. The molecule has 0 aromatic carbocycles. The minimum absolute atomic E-state index is 0.228. The van der Waals surface area contributed by atoms with Gasteiger partial charge in [0.1, 0.15) is 12.4 Å². The maximum atomic E-state index is 12.0. The van der Waals surface area contributed by atoms with Crippen LogP contribution in [0.1, 0.15) is 12.8 Å². The Morgan fingerprint density at radius 1 is 1.40 bits per heavy atom. The van der Waals surface area contributed by atoms with Crippen molar-refractivity contribution < 1.29 is 21.6 Å². The van der Waals surface area contributed by atoms with Crippen LogP contribution in [0.4, 0.5) is 13.2 Å². The maximum absolute atomic E-state index is 12.0. The summed E-state index contributed by atoms with van der Waals surface area (Å²) >= 11 is 0. The van der Waals surface area contributed by atoms with Crippen molar-refractivity contribution in [3.8, 4) is 0 Å². The number of nitrogens with one attached hydrogen (secondary N) is 3. The molecule has 0 amide bonds. The van der Waals surface area contributed by atoms with Crippen molar-refractivity contribution in [3.05, 3.63) is 0 Å². The van der Waals surface area contributed by atoms with Crippen LogP contribution >= 0.6 is 0 Å². The normalized spacial score (nSPS) is 20.8. The van der Waals surface area contributed by atoms with E-state index in [1.165, 1.54) is 4.72 Å². The largest absolute Gasteiger partial charge is 0.402 e. The topological polar surface area (TPSA) is 111 Å². The molecule has 1 aliphatic heterocycles. The summed E-state index contributed by atoms with van der Waals surface area (Å²) in [6.45, 7) is -0.695. The van der Waals surface area contributed by atoms with Gasteiger partial charge < -0.3 is 10.6 Å². The van der Waals surface area contributed by atoms with Crippen molar-refractivity contribution in [1.29, 1.82) is 5.41 Å². The number of nitrogens with zero attached hydrogens (tertiary/aromatic N) is 1. The molecule has 1 aliphatic rings. The van der Waals surface area contributed by atoms with Gasteiger partial charge >= 0.3 is 6.18 Å². The first-order valence-electron chi connectivity index (χ1n) is 5.84. The lowest BCUT2D eigenvalue weighted by Gasteiger charge is -2.39. The van der Waals surface area contributed by atoms with E-state index >= 15 is 0 Å². The molecule has 1 saturated heterocycles. The van der Waals surface area contributed by atoms with E-state index in [2.05, 4.69) is 4.72 Å². The van der Waals surface area contributed by atoms with Crippen molar-refractivity contribution >= 4 is 16.0 Å². The molecule has 0 spiro atoms. The van der Waals surface area contributed by atoms with Gasteiger partial charge in [-0.3, -0.25) is 5.41 Å². The molecule has 1 rings (SSSR count). The summed E-state index contributed by atoms with van der Waals surface area (Å²) in [6, 6.07) is 0. The van der Waals surface area contributed by atoms with Crippen LogP contribution in [0.3, 0.4) is 0 Å². The third-order valence-corrected chi connectivity index (χ3v) is 4.33. The van der Waals surface area contributed by atoms with E-state index in [0.29, 0.717) is 13.1 Å². The van der Waals surface area contributed by atoms with Gasteiger partial charge in [-0.25, -0.2) is 0 Å². The minimum atomic E-state index is -4.65. The van der Waals surface area contributed by atoms with Crippen LogP contribution in [0.25, 0.3) is 0 Å². The molecule has 0 saturated carbocycles. The zero-order valence-electron chi connectivity index (χ0n) is 10.9. The monoisotopic (exact) mass is 317 g/mol. The van der Waals surface area contributed by atoms with Gasteiger partial charge in [-0.1, -0.05) is 0 Å². The van der Waals surface area contributed by atoms with E-state index in [1.54, 1.807) is 0 Å². The highest BCUT2D eigenvalue weighted by Gasteiger charge is 2.41. The molecule has 0 aliphatic carbocycles. The third kappa shape index (κ3) is 4.89. The molecule has 1 fully saturated rings. The Labute approximate surface area is 115 Å². The molecule has 0 atom stereocenters. The van der Waals surface area contributed by atoms with E-state index < -0.39 is 34.3 Å². The molecular formula is C9H18F3N5O2S. The summed E-state index contributed by atoms with van der Waals surface area (Å²) in [5.41, 5.74) is 4.10. The number of piperidine rings is 1. The highest BCUT2D eigenvalue weighted by Crippen LogP contribution is 2.22. The highest BCUT2D eigenvalue weighted by atomic mass is 32.2. The molecule has 1 heterocycles. The number of hydrogen-bond acceptors (Lipinski definition) is 4. The molecule has 0 aromatic heterocycles. The van der Waals surface area contributed by atoms with Crippen LogP contribution in [-0.4, -0.2) is 57.6 Å². The van der Waals surface area contributed by atoms with Crippen molar-refractivity contribution in [2.45, 2.75) is 24.6 Å². The van der Waals surface area contributed by atoms with E-state index in [9.17, 15) is 21.6 Å². The van der Waals surface area contributed by atoms with Gasteiger partial charge in [0.05, 0.1) is 5.54 Å². The number of alkyl halides is 3. The van der Waals surface area contributed by atoms with Gasteiger partial charge in [0, 0.05) is 13.1 Å². The number of rotatable bonds is 5. The number of halogens is 3. The Morgan fingerprint density at radius 3 is 2.30 bits per heavy atom. The zero-order chi connectivity index (χ0) is 15.6.